The first-order valence-corrected chi connectivity index (χ1v) is 13.3. The van der Waals surface area contributed by atoms with Gasteiger partial charge in [-0.3, -0.25) is 19.1 Å². The number of hydrogen-bond acceptors (Lipinski definition) is 7. The molecule has 1 amide bonds. The van der Waals surface area contributed by atoms with Crippen molar-refractivity contribution in [3.63, 3.8) is 0 Å². The number of anilines is 2. The summed E-state index contributed by atoms with van der Waals surface area (Å²) in [7, 11) is 0. The fourth-order valence-electron chi connectivity index (χ4n) is 5.81. The van der Waals surface area contributed by atoms with Crippen LogP contribution in [0, 0.1) is 6.92 Å². The van der Waals surface area contributed by atoms with Gasteiger partial charge in [-0.25, -0.2) is 9.97 Å². The zero-order chi connectivity index (χ0) is 26.9. The second-order valence-corrected chi connectivity index (χ2v) is 10.2. The number of nitrogen functional groups attached to an aromatic ring is 1. The maximum absolute atomic E-state index is 13.6. The number of benzene rings is 1. The van der Waals surface area contributed by atoms with Gasteiger partial charge >= 0.3 is 0 Å². The number of aromatic nitrogens is 4. The molecule has 0 radical (unpaired) electrons. The Kier molecular flexibility index (Phi) is 6.56. The first-order valence-electron chi connectivity index (χ1n) is 13.3. The summed E-state index contributed by atoms with van der Waals surface area (Å²) in [5.74, 6) is 0.476. The van der Waals surface area contributed by atoms with E-state index >= 15 is 0 Å². The van der Waals surface area contributed by atoms with E-state index in [1.54, 1.807) is 16.8 Å². The maximum atomic E-state index is 13.6. The topological polar surface area (TPSA) is 128 Å². The monoisotopic (exact) mass is 521 g/mol. The van der Waals surface area contributed by atoms with E-state index in [4.69, 9.17) is 10.7 Å². The Morgan fingerprint density at radius 3 is 2.74 bits per heavy atom. The highest BCUT2D eigenvalue weighted by Crippen LogP contribution is 2.33. The second-order valence-electron chi connectivity index (χ2n) is 10.2. The largest absolute Gasteiger partial charge is 0.384 e. The van der Waals surface area contributed by atoms with Crippen molar-refractivity contribution in [2.45, 2.75) is 51.1 Å². The van der Waals surface area contributed by atoms with Crippen molar-refractivity contribution < 1.29 is 4.79 Å². The molecule has 2 aliphatic rings. The lowest BCUT2D eigenvalue weighted by Gasteiger charge is -2.21. The molecular formula is C30H31N7O2. The molecular weight excluding hydrogens is 490 g/mol. The Balaban J connectivity index is 1.23. The van der Waals surface area contributed by atoms with Gasteiger partial charge in [0.25, 0.3) is 5.56 Å². The normalized spacial score (nSPS) is 17.5. The molecule has 2 atom stereocenters. The number of nitrogens with one attached hydrogen (secondary N) is 2. The van der Waals surface area contributed by atoms with Gasteiger partial charge in [0.1, 0.15) is 11.9 Å². The van der Waals surface area contributed by atoms with Crippen molar-refractivity contribution in [2.24, 2.45) is 0 Å². The lowest BCUT2D eigenvalue weighted by Crippen LogP contribution is -2.36. The Labute approximate surface area is 226 Å². The summed E-state index contributed by atoms with van der Waals surface area (Å²) in [5, 5.41) is 6.29. The van der Waals surface area contributed by atoms with Gasteiger partial charge in [0.05, 0.1) is 5.69 Å². The molecule has 0 spiro atoms. The fraction of sp³-hybridized carbons (Fsp3) is 0.300. The van der Waals surface area contributed by atoms with Crippen molar-refractivity contribution in [1.29, 1.82) is 0 Å². The smallest absolute Gasteiger partial charge is 0.294 e. The van der Waals surface area contributed by atoms with Gasteiger partial charge in [-0.15, -0.1) is 0 Å². The number of rotatable bonds is 6. The van der Waals surface area contributed by atoms with Crippen LogP contribution in [0.2, 0.25) is 0 Å². The predicted molar refractivity (Wildman–Crippen MR) is 150 cm³/mol. The van der Waals surface area contributed by atoms with E-state index < -0.39 is 6.04 Å². The zero-order valence-electron chi connectivity index (χ0n) is 21.9. The highest BCUT2D eigenvalue weighted by molar-refractivity contribution is 5.81. The molecule has 39 heavy (non-hydrogen) atoms. The summed E-state index contributed by atoms with van der Waals surface area (Å²) in [6, 6.07) is 15.5. The molecule has 6 rings (SSSR count). The molecule has 0 fully saturated rings. The van der Waals surface area contributed by atoms with Crippen LogP contribution in [-0.4, -0.2) is 32.0 Å². The fourth-order valence-corrected chi connectivity index (χ4v) is 5.81. The van der Waals surface area contributed by atoms with Gasteiger partial charge in [0.2, 0.25) is 5.91 Å². The minimum atomic E-state index is -0.584. The third kappa shape index (κ3) is 4.76. The van der Waals surface area contributed by atoms with Crippen LogP contribution in [0.15, 0.2) is 65.7 Å². The van der Waals surface area contributed by atoms with Gasteiger partial charge in [-0.2, -0.15) is 0 Å². The minimum Gasteiger partial charge on any atom is -0.384 e. The Morgan fingerprint density at radius 2 is 1.87 bits per heavy atom. The van der Waals surface area contributed by atoms with E-state index in [1.807, 2.05) is 31.3 Å². The van der Waals surface area contributed by atoms with E-state index in [9.17, 15) is 9.59 Å². The van der Waals surface area contributed by atoms with Crippen LogP contribution < -0.4 is 21.9 Å². The van der Waals surface area contributed by atoms with E-state index in [0.29, 0.717) is 31.7 Å². The average Bonchev–Trinajstić information content (AvgIpc) is 3.32. The van der Waals surface area contributed by atoms with Crippen LogP contribution >= 0.6 is 0 Å². The molecule has 9 nitrogen and oxygen atoms in total. The van der Waals surface area contributed by atoms with Crippen molar-refractivity contribution in [3.8, 4) is 0 Å². The summed E-state index contributed by atoms with van der Waals surface area (Å²) in [5.41, 5.74) is 12.7. The van der Waals surface area contributed by atoms with Gasteiger partial charge in [0.15, 0.2) is 5.82 Å². The lowest BCUT2D eigenvalue weighted by molar-refractivity contribution is -0.124. The quantitative estimate of drug-likeness (QED) is 0.356. The van der Waals surface area contributed by atoms with E-state index in [-0.39, 0.29) is 23.2 Å². The standard InChI is InChI=1S/C30H31N7O2/c1-18-21(10-13-26(31)36-18)15-35-29(38)25-12-11-22-16-33-28(30(39)37(22)25)34-17-24-23-7-3-2-5-19(23)8-9-20-6-4-14-32-27(20)24/h2-7,10,13-14,16,24-25H,8-9,11-12,15,17H2,1H3,(H2,31,36)(H,33,34)(H,35,38)/t24?,25-/m0/s1. The third-order valence-corrected chi connectivity index (χ3v) is 7.86. The highest BCUT2D eigenvalue weighted by Gasteiger charge is 2.31. The number of pyridine rings is 2. The number of aryl methyl sites for hydroxylation is 4. The Hall–Kier alpha value is -4.53. The molecule has 4 heterocycles. The number of carbonyl (C=O) groups is 1. The van der Waals surface area contributed by atoms with Crippen LogP contribution in [0.1, 0.15) is 57.7 Å². The summed E-state index contributed by atoms with van der Waals surface area (Å²) in [6.07, 6.45) is 6.59. The van der Waals surface area contributed by atoms with Crippen LogP contribution in [-0.2, 0) is 30.6 Å². The molecule has 0 saturated heterocycles. The summed E-state index contributed by atoms with van der Waals surface area (Å²) in [6.45, 7) is 2.66. The molecule has 0 bridgehead atoms. The van der Waals surface area contributed by atoms with Gasteiger partial charge in [0, 0.05) is 42.8 Å². The SMILES string of the molecule is Cc1nc(N)ccc1CNC(=O)[C@@H]1CCc2cnc(NCC3c4ccccc4CCc4cccnc43)c(=O)n21. The number of amides is 1. The van der Waals surface area contributed by atoms with Crippen LogP contribution in [0.4, 0.5) is 11.6 Å². The van der Waals surface area contributed by atoms with Crippen molar-refractivity contribution in [2.75, 3.05) is 17.6 Å². The highest BCUT2D eigenvalue weighted by atomic mass is 16.2. The summed E-state index contributed by atoms with van der Waals surface area (Å²) in [4.78, 5) is 40.2. The molecule has 4 N–H and O–H groups in total. The van der Waals surface area contributed by atoms with Crippen molar-refractivity contribution in [3.05, 3.63) is 111 Å². The van der Waals surface area contributed by atoms with Crippen LogP contribution in [0.25, 0.3) is 0 Å². The molecule has 4 aromatic rings. The Bertz CT molecular complexity index is 1570. The number of nitrogens with two attached hydrogens (primary N) is 1. The first-order chi connectivity index (χ1) is 19.0. The molecule has 1 aliphatic heterocycles. The Morgan fingerprint density at radius 1 is 1.05 bits per heavy atom. The van der Waals surface area contributed by atoms with Crippen LogP contribution in [0.5, 0.6) is 0 Å². The minimum absolute atomic E-state index is 0.0183. The average molecular weight is 522 g/mol. The van der Waals surface area contributed by atoms with Crippen LogP contribution in [0.3, 0.4) is 0 Å². The van der Waals surface area contributed by atoms with Crippen molar-refractivity contribution in [1.82, 2.24) is 24.8 Å². The lowest BCUT2D eigenvalue weighted by atomic mass is 9.91. The van der Waals surface area contributed by atoms with E-state index in [2.05, 4.69) is 44.9 Å². The van der Waals surface area contributed by atoms with Crippen molar-refractivity contribution >= 4 is 17.5 Å². The molecule has 9 heteroatoms. The van der Waals surface area contributed by atoms with E-state index in [1.165, 1.54) is 16.7 Å². The molecule has 1 aromatic carbocycles. The molecule has 3 aromatic heterocycles. The third-order valence-electron chi connectivity index (χ3n) is 7.86. The number of nitrogens with zero attached hydrogens (tertiary/aromatic N) is 4. The number of hydrogen-bond donors (Lipinski definition) is 3. The van der Waals surface area contributed by atoms with Gasteiger partial charge in [-0.05, 0) is 67.0 Å². The number of fused-ring (bicyclic) bond motifs is 3. The number of carbonyl (C=O) groups excluding carboxylic acids is 1. The maximum Gasteiger partial charge on any atom is 0.294 e. The molecule has 0 saturated carbocycles. The summed E-state index contributed by atoms with van der Waals surface area (Å²) < 4.78 is 1.59. The van der Waals surface area contributed by atoms with E-state index in [0.717, 1.165) is 35.5 Å². The second kappa shape index (κ2) is 10.3. The zero-order valence-corrected chi connectivity index (χ0v) is 21.9. The molecule has 198 valence electrons. The van der Waals surface area contributed by atoms with Gasteiger partial charge in [-0.1, -0.05) is 36.4 Å². The summed E-state index contributed by atoms with van der Waals surface area (Å²) >= 11 is 0. The first kappa shape index (κ1) is 24.8. The molecule has 1 unspecified atom stereocenters. The van der Waals surface area contributed by atoms with Gasteiger partial charge < -0.3 is 16.4 Å². The molecule has 1 aliphatic carbocycles. The predicted octanol–water partition coefficient (Wildman–Crippen LogP) is 3.07.